The second kappa shape index (κ2) is 7.70. The molecule has 4 rings (SSSR count). The standard InChI is InChI=1S/C21H22N2O4/c24-20-14-17(15-5-2-1-3-6-15)23(10-9-22-20)21(25)16-7-8-18-19(13-16)27-12-4-11-26-18/h1-3,5-8,13,17H,4,9-12,14H2,(H,22,24)/t17-/m1/s1. The Morgan fingerprint density at radius 3 is 2.63 bits per heavy atom. The molecule has 0 radical (unpaired) electrons. The number of rotatable bonds is 2. The number of ether oxygens (including phenoxy) is 2. The minimum Gasteiger partial charge on any atom is -0.490 e. The van der Waals surface area contributed by atoms with Crippen molar-refractivity contribution in [1.82, 2.24) is 10.2 Å². The molecule has 6 nitrogen and oxygen atoms in total. The van der Waals surface area contributed by atoms with Crippen molar-refractivity contribution < 1.29 is 19.1 Å². The molecule has 6 heteroatoms. The monoisotopic (exact) mass is 366 g/mol. The van der Waals surface area contributed by atoms with Crippen molar-refractivity contribution in [2.24, 2.45) is 0 Å². The van der Waals surface area contributed by atoms with E-state index < -0.39 is 0 Å². The van der Waals surface area contributed by atoms with Gasteiger partial charge < -0.3 is 19.7 Å². The Bertz CT molecular complexity index is 837. The van der Waals surface area contributed by atoms with Crippen molar-refractivity contribution in [3.63, 3.8) is 0 Å². The number of amides is 2. The number of hydrogen-bond donors (Lipinski definition) is 1. The van der Waals surface area contributed by atoms with Crippen LogP contribution < -0.4 is 14.8 Å². The highest BCUT2D eigenvalue weighted by Crippen LogP contribution is 2.33. The van der Waals surface area contributed by atoms with Gasteiger partial charge in [0.05, 0.1) is 25.7 Å². The average Bonchev–Trinajstić information content (AvgIpc) is 3.05. The summed E-state index contributed by atoms with van der Waals surface area (Å²) in [5, 5.41) is 2.86. The minimum atomic E-state index is -0.294. The molecule has 1 saturated heterocycles. The van der Waals surface area contributed by atoms with E-state index in [1.165, 1.54) is 0 Å². The number of carbonyl (C=O) groups excluding carboxylic acids is 2. The summed E-state index contributed by atoms with van der Waals surface area (Å²) >= 11 is 0. The lowest BCUT2D eigenvalue weighted by Gasteiger charge is -2.29. The summed E-state index contributed by atoms with van der Waals surface area (Å²) < 4.78 is 11.4. The van der Waals surface area contributed by atoms with Crippen molar-refractivity contribution in [3.05, 3.63) is 59.7 Å². The van der Waals surface area contributed by atoms with Crippen molar-refractivity contribution in [1.29, 1.82) is 0 Å². The number of nitrogens with zero attached hydrogens (tertiary/aromatic N) is 1. The van der Waals surface area contributed by atoms with E-state index in [0.29, 0.717) is 43.4 Å². The van der Waals surface area contributed by atoms with E-state index in [2.05, 4.69) is 5.32 Å². The number of fused-ring (bicyclic) bond motifs is 1. The highest BCUT2D eigenvalue weighted by atomic mass is 16.5. The Kier molecular flexibility index (Phi) is 4.96. The zero-order valence-electron chi connectivity index (χ0n) is 15.0. The molecule has 0 unspecified atom stereocenters. The molecule has 0 aromatic heterocycles. The van der Waals surface area contributed by atoms with E-state index in [-0.39, 0.29) is 24.3 Å². The van der Waals surface area contributed by atoms with Crippen LogP contribution in [0.3, 0.4) is 0 Å². The maximum Gasteiger partial charge on any atom is 0.254 e. The van der Waals surface area contributed by atoms with Gasteiger partial charge in [-0.15, -0.1) is 0 Å². The lowest BCUT2D eigenvalue weighted by molar-refractivity contribution is -0.121. The quantitative estimate of drug-likeness (QED) is 0.887. The van der Waals surface area contributed by atoms with Gasteiger partial charge in [-0.2, -0.15) is 0 Å². The first-order valence-corrected chi connectivity index (χ1v) is 9.24. The fourth-order valence-corrected chi connectivity index (χ4v) is 3.51. The van der Waals surface area contributed by atoms with Crippen LogP contribution >= 0.6 is 0 Å². The highest BCUT2D eigenvalue weighted by Gasteiger charge is 2.30. The summed E-state index contributed by atoms with van der Waals surface area (Å²) in [6.07, 6.45) is 1.06. The normalized spacial score (nSPS) is 19.6. The zero-order chi connectivity index (χ0) is 18.6. The number of carbonyl (C=O) groups is 2. The molecule has 1 atom stereocenters. The minimum absolute atomic E-state index is 0.0437. The Hall–Kier alpha value is -3.02. The van der Waals surface area contributed by atoms with Gasteiger partial charge in [0.25, 0.3) is 5.91 Å². The molecule has 0 bridgehead atoms. The predicted molar refractivity (Wildman–Crippen MR) is 99.9 cm³/mol. The van der Waals surface area contributed by atoms with Crippen LogP contribution in [0.25, 0.3) is 0 Å². The number of nitrogens with one attached hydrogen (secondary N) is 1. The van der Waals surface area contributed by atoms with Gasteiger partial charge in [-0.3, -0.25) is 9.59 Å². The lowest BCUT2D eigenvalue weighted by atomic mass is 10.0. The molecular weight excluding hydrogens is 344 g/mol. The molecule has 2 aliphatic rings. The van der Waals surface area contributed by atoms with Crippen LogP contribution in [0.1, 0.15) is 34.8 Å². The van der Waals surface area contributed by atoms with E-state index in [9.17, 15) is 9.59 Å². The van der Waals surface area contributed by atoms with Crippen molar-refractivity contribution in [2.75, 3.05) is 26.3 Å². The van der Waals surface area contributed by atoms with Crippen molar-refractivity contribution in [3.8, 4) is 11.5 Å². The van der Waals surface area contributed by atoms with E-state index in [4.69, 9.17) is 9.47 Å². The molecule has 0 spiro atoms. The molecular formula is C21H22N2O4. The molecule has 2 aromatic rings. The van der Waals surface area contributed by atoms with Crippen LogP contribution in [-0.4, -0.2) is 43.0 Å². The third kappa shape index (κ3) is 3.74. The molecule has 1 N–H and O–H groups in total. The first kappa shape index (κ1) is 17.4. The maximum atomic E-state index is 13.3. The smallest absolute Gasteiger partial charge is 0.254 e. The maximum absolute atomic E-state index is 13.3. The molecule has 27 heavy (non-hydrogen) atoms. The second-order valence-electron chi connectivity index (χ2n) is 6.69. The first-order valence-electron chi connectivity index (χ1n) is 9.24. The van der Waals surface area contributed by atoms with Crippen LogP contribution in [0.5, 0.6) is 11.5 Å². The van der Waals surface area contributed by atoms with Crippen LogP contribution in [-0.2, 0) is 4.79 Å². The molecule has 1 fully saturated rings. The lowest BCUT2D eigenvalue weighted by Crippen LogP contribution is -2.36. The van der Waals surface area contributed by atoms with Crippen molar-refractivity contribution in [2.45, 2.75) is 18.9 Å². The molecule has 2 aliphatic heterocycles. The van der Waals surface area contributed by atoms with Gasteiger partial charge in [-0.05, 0) is 23.8 Å². The SMILES string of the molecule is O=C1C[C@H](c2ccccc2)N(C(=O)c2ccc3c(c2)OCCCO3)CCN1. The van der Waals surface area contributed by atoms with E-state index in [0.717, 1.165) is 12.0 Å². The number of benzene rings is 2. The van der Waals surface area contributed by atoms with Crippen LogP contribution in [0.15, 0.2) is 48.5 Å². The van der Waals surface area contributed by atoms with Crippen LogP contribution in [0, 0.1) is 0 Å². The van der Waals surface area contributed by atoms with Gasteiger partial charge in [0.15, 0.2) is 11.5 Å². The molecule has 140 valence electrons. The van der Waals surface area contributed by atoms with E-state index >= 15 is 0 Å². The highest BCUT2D eigenvalue weighted by molar-refractivity contribution is 5.96. The van der Waals surface area contributed by atoms with Gasteiger partial charge in [0.2, 0.25) is 5.91 Å². The zero-order valence-corrected chi connectivity index (χ0v) is 15.0. The summed E-state index contributed by atoms with van der Waals surface area (Å²) in [7, 11) is 0. The largest absolute Gasteiger partial charge is 0.490 e. The Labute approximate surface area is 158 Å². The predicted octanol–water partition coefficient (Wildman–Crippen LogP) is 2.55. The summed E-state index contributed by atoms with van der Waals surface area (Å²) in [4.78, 5) is 27.2. The summed E-state index contributed by atoms with van der Waals surface area (Å²) in [6, 6.07) is 14.7. The number of hydrogen-bond acceptors (Lipinski definition) is 4. The Morgan fingerprint density at radius 1 is 1.04 bits per heavy atom. The fourth-order valence-electron chi connectivity index (χ4n) is 3.51. The third-order valence-corrected chi connectivity index (χ3v) is 4.87. The van der Waals surface area contributed by atoms with Gasteiger partial charge in [0.1, 0.15) is 0 Å². The van der Waals surface area contributed by atoms with Crippen LogP contribution in [0.4, 0.5) is 0 Å². The van der Waals surface area contributed by atoms with Gasteiger partial charge in [0, 0.05) is 25.1 Å². The Balaban J connectivity index is 1.66. The van der Waals surface area contributed by atoms with Gasteiger partial charge >= 0.3 is 0 Å². The van der Waals surface area contributed by atoms with Crippen molar-refractivity contribution >= 4 is 11.8 Å². The Morgan fingerprint density at radius 2 is 1.81 bits per heavy atom. The fraction of sp³-hybridized carbons (Fsp3) is 0.333. The molecule has 0 aliphatic carbocycles. The summed E-state index contributed by atoms with van der Waals surface area (Å²) in [5.74, 6) is 1.10. The molecule has 2 amide bonds. The summed E-state index contributed by atoms with van der Waals surface area (Å²) in [6.45, 7) is 2.08. The van der Waals surface area contributed by atoms with Crippen LogP contribution in [0.2, 0.25) is 0 Å². The molecule has 2 heterocycles. The van der Waals surface area contributed by atoms with Gasteiger partial charge in [-0.1, -0.05) is 30.3 Å². The third-order valence-electron chi connectivity index (χ3n) is 4.87. The van der Waals surface area contributed by atoms with E-state index in [1.54, 1.807) is 23.1 Å². The second-order valence-corrected chi connectivity index (χ2v) is 6.69. The average molecular weight is 366 g/mol. The van der Waals surface area contributed by atoms with E-state index in [1.807, 2.05) is 30.3 Å². The molecule has 2 aromatic carbocycles. The molecule has 0 saturated carbocycles. The summed E-state index contributed by atoms with van der Waals surface area (Å²) in [5.41, 5.74) is 1.49. The topological polar surface area (TPSA) is 67.9 Å². The first-order chi connectivity index (χ1) is 13.2. The van der Waals surface area contributed by atoms with Gasteiger partial charge in [-0.25, -0.2) is 0 Å².